The average molecular weight is 315 g/mol. The van der Waals surface area contributed by atoms with Crippen LogP contribution in [0.2, 0.25) is 0 Å². The van der Waals surface area contributed by atoms with Gasteiger partial charge >= 0.3 is 0 Å². The molecule has 1 N–H and O–H groups in total. The lowest BCUT2D eigenvalue weighted by Crippen LogP contribution is -2.34. The Kier molecular flexibility index (Phi) is 6.15. The number of nitrogens with one attached hydrogen (secondary N) is 1. The fraction of sp³-hybridized carbons (Fsp3) is 0.316. The van der Waals surface area contributed by atoms with E-state index in [1.54, 1.807) is 24.3 Å². The van der Waals surface area contributed by atoms with Gasteiger partial charge < -0.3 is 10.1 Å². The van der Waals surface area contributed by atoms with E-state index in [9.17, 15) is 9.18 Å². The molecule has 0 fully saturated rings. The van der Waals surface area contributed by atoms with Crippen molar-refractivity contribution in [2.24, 2.45) is 0 Å². The Morgan fingerprint density at radius 1 is 1.09 bits per heavy atom. The molecular weight excluding hydrogens is 293 g/mol. The Balaban J connectivity index is 2.07. The zero-order valence-corrected chi connectivity index (χ0v) is 13.5. The molecule has 0 radical (unpaired) electrons. The number of carbonyl (C=O) groups excluding carboxylic acids is 1. The lowest BCUT2D eigenvalue weighted by atomic mass is 10.1. The molecule has 2 rings (SSSR count). The quantitative estimate of drug-likeness (QED) is 0.826. The number of carbonyl (C=O) groups is 1. The maximum absolute atomic E-state index is 12.9. The van der Waals surface area contributed by atoms with E-state index in [-0.39, 0.29) is 24.4 Å². The van der Waals surface area contributed by atoms with Gasteiger partial charge in [0.05, 0.1) is 5.56 Å². The monoisotopic (exact) mass is 315 g/mol. The van der Waals surface area contributed by atoms with Gasteiger partial charge in [-0.2, -0.15) is 0 Å². The third-order valence-corrected chi connectivity index (χ3v) is 3.76. The second-order valence-corrected chi connectivity index (χ2v) is 5.40. The maximum atomic E-state index is 12.9. The van der Waals surface area contributed by atoms with Gasteiger partial charge in [0.25, 0.3) is 5.91 Å². The van der Waals surface area contributed by atoms with E-state index >= 15 is 0 Å². The van der Waals surface area contributed by atoms with Crippen LogP contribution in [0.15, 0.2) is 48.5 Å². The zero-order chi connectivity index (χ0) is 16.7. The molecule has 0 aliphatic carbocycles. The summed E-state index contributed by atoms with van der Waals surface area (Å²) in [5, 5.41) is 3.01. The first-order chi connectivity index (χ1) is 11.1. The fourth-order valence-electron chi connectivity index (χ4n) is 2.28. The molecule has 0 heterocycles. The van der Waals surface area contributed by atoms with Crippen LogP contribution in [-0.4, -0.2) is 11.9 Å². The number of para-hydroxylation sites is 1. The average Bonchev–Trinajstić information content (AvgIpc) is 2.59. The highest BCUT2D eigenvalue weighted by Crippen LogP contribution is 2.20. The standard InChI is InChI=1S/C19H22FNO2/c1-3-16(4-2)21-19(22)17-7-5-6-8-18(17)23-13-14-9-11-15(20)12-10-14/h5-12,16H,3-4,13H2,1-2H3,(H,21,22). The minimum atomic E-state index is -0.279. The Morgan fingerprint density at radius 3 is 2.39 bits per heavy atom. The van der Waals surface area contributed by atoms with Gasteiger partial charge in [-0.25, -0.2) is 4.39 Å². The van der Waals surface area contributed by atoms with E-state index in [0.29, 0.717) is 11.3 Å². The molecule has 2 aromatic carbocycles. The number of hydrogen-bond acceptors (Lipinski definition) is 2. The van der Waals surface area contributed by atoms with Crippen LogP contribution >= 0.6 is 0 Å². The van der Waals surface area contributed by atoms with E-state index in [1.165, 1.54) is 12.1 Å². The number of amides is 1. The lowest BCUT2D eigenvalue weighted by Gasteiger charge is -2.16. The third-order valence-electron chi connectivity index (χ3n) is 3.76. The van der Waals surface area contributed by atoms with Gasteiger partial charge in [0.15, 0.2) is 0 Å². The van der Waals surface area contributed by atoms with Crippen LogP contribution in [0.4, 0.5) is 4.39 Å². The van der Waals surface area contributed by atoms with Gasteiger partial charge in [-0.15, -0.1) is 0 Å². The molecule has 0 bridgehead atoms. The molecule has 0 unspecified atom stereocenters. The first-order valence-corrected chi connectivity index (χ1v) is 7.91. The molecular formula is C19H22FNO2. The Hall–Kier alpha value is -2.36. The second kappa shape index (κ2) is 8.32. The first-order valence-electron chi connectivity index (χ1n) is 7.91. The number of halogens is 1. The normalized spacial score (nSPS) is 10.6. The van der Waals surface area contributed by atoms with Crippen LogP contribution in [0.1, 0.15) is 42.6 Å². The van der Waals surface area contributed by atoms with Gasteiger partial charge in [-0.1, -0.05) is 38.1 Å². The summed E-state index contributed by atoms with van der Waals surface area (Å²) in [7, 11) is 0. The van der Waals surface area contributed by atoms with Crippen LogP contribution in [0.5, 0.6) is 5.75 Å². The molecule has 2 aromatic rings. The van der Waals surface area contributed by atoms with Crippen LogP contribution in [0.25, 0.3) is 0 Å². The molecule has 0 spiro atoms. The van der Waals surface area contributed by atoms with E-state index in [2.05, 4.69) is 5.32 Å². The fourth-order valence-corrected chi connectivity index (χ4v) is 2.28. The smallest absolute Gasteiger partial charge is 0.255 e. The van der Waals surface area contributed by atoms with Crippen molar-refractivity contribution in [1.82, 2.24) is 5.32 Å². The largest absolute Gasteiger partial charge is 0.488 e. The maximum Gasteiger partial charge on any atom is 0.255 e. The van der Waals surface area contributed by atoms with Crippen LogP contribution in [0.3, 0.4) is 0 Å². The number of benzene rings is 2. The highest BCUT2D eigenvalue weighted by molar-refractivity contribution is 5.97. The molecule has 122 valence electrons. The van der Waals surface area contributed by atoms with Crippen LogP contribution in [-0.2, 0) is 6.61 Å². The minimum absolute atomic E-state index is 0.131. The first kappa shape index (κ1) is 17.0. The van der Waals surface area contributed by atoms with Crippen molar-refractivity contribution in [3.8, 4) is 5.75 Å². The van der Waals surface area contributed by atoms with Gasteiger partial charge in [0.1, 0.15) is 18.2 Å². The van der Waals surface area contributed by atoms with Crippen molar-refractivity contribution in [3.05, 3.63) is 65.5 Å². The topological polar surface area (TPSA) is 38.3 Å². The van der Waals surface area contributed by atoms with Crippen molar-refractivity contribution in [2.45, 2.75) is 39.3 Å². The summed E-state index contributed by atoms with van der Waals surface area (Å²) in [4.78, 5) is 12.4. The van der Waals surface area contributed by atoms with Crippen molar-refractivity contribution < 1.29 is 13.9 Å². The summed E-state index contributed by atoms with van der Waals surface area (Å²) in [6, 6.07) is 13.4. The molecule has 0 saturated heterocycles. The minimum Gasteiger partial charge on any atom is -0.488 e. The summed E-state index contributed by atoms with van der Waals surface area (Å²) < 4.78 is 18.7. The molecule has 23 heavy (non-hydrogen) atoms. The van der Waals surface area contributed by atoms with Crippen molar-refractivity contribution in [2.75, 3.05) is 0 Å². The predicted octanol–water partition coefficient (Wildman–Crippen LogP) is 4.32. The molecule has 0 atom stereocenters. The second-order valence-electron chi connectivity index (χ2n) is 5.40. The van der Waals surface area contributed by atoms with Gasteiger partial charge in [-0.3, -0.25) is 4.79 Å². The summed E-state index contributed by atoms with van der Waals surface area (Å²) in [6.45, 7) is 4.38. The van der Waals surface area contributed by atoms with Gasteiger partial charge in [0, 0.05) is 6.04 Å². The molecule has 0 aliphatic heterocycles. The van der Waals surface area contributed by atoms with E-state index in [1.807, 2.05) is 26.0 Å². The lowest BCUT2D eigenvalue weighted by molar-refractivity contribution is 0.0930. The van der Waals surface area contributed by atoms with E-state index < -0.39 is 0 Å². The highest BCUT2D eigenvalue weighted by Gasteiger charge is 2.15. The van der Waals surface area contributed by atoms with E-state index in [0.717, 1.165) is 18.4 Å². The van der Waals surface area contributed by atoms with Gasteiger partial charge in [0.2, 0.25) is 0 Å². The molecule has 0 saturated carbocycles. The third kappa shape index (κ3) is 4.81. The van der Waals surface area contributed by atoms with Crippen molar-refractivity contribution >= 4 is 5.91 Å². The Labute approximate surface area is 136 Å². The number of ether oxygens (including phenoxy) is 1. The van der Waals surface area contributed by atoms with Crippen LogP contribution in [0, 0.1) is 5.82 Å². The van der Waals surface area contributed by atoms with Gasteiger partial charge in [-0.05, 0) is 42.7 Å². The Morgan fingerprint density at radius 2 is 1.74 bits per heavy atom. The predicted molar refractivity (Wildman–Crippen MR) is 89.0 cm³/mol. The molecule has 0 aromatic heterocycles. The summed E-state index contributed by atoms with van der Waals surface area (Å²) in [5.41, 5.74) is 1.36. The van der Waals surface area contributed by atoms with Crippen molar-refractivity contribution in [1.29, 1.82) is 0 Å². The molecule has 0 aliphatic rings. The van der Waals surface area contributed by atoms with E-state index in [4.69, 9.17) is 4.74 Å². The molecule has 1 amide bonds. The summed E-state index contributed by atoms with van der Waals surface area (Å²) in [5.74, 6) is 0.118. The molecule has 4 heteroatoms. The highest BCUT2D eigenvalue weighted by atomic mass is 19.1. The SMILES string of the molecule is CCC(CC)NC(=O)c1ccccc1OCc1ccc(F)cc1. The van der Waals surface area contributed by atoms with Crippen LogP contribution < -0.4 is 10.1 Å². The number of rotatable bonds is 7. The Bertz CT molecular complexity index is 636. The summed E-state index contributed by atoms with van der Waals surface area (Å²) in [6.07, 6.45) is 1.78. The molecule has 3 nitrogen and oxygen atoms in total. The van der Waals surface area contributed by atoms with Crippen molar-refractivity contribution in [3.63, 3.8) is 0 Å². The zero-order valence-electron chi connectivity index (χ0n) is 13.5. The number of hydrogen-bond donors (Lipinski definition) is 1. The summed E-state index contributed by atoms with van der Waals surface area (Å²) >= 11 is 0.